The van der Waals surface area contributed by atoms with Gasteiger partial charge in [-0.05, 0) is 24.5 Å². The predicted octanol–water partition coefficient (Wildman–Crippen LogP) is 2.30. The first-order valence-corrected chi connectivity index (χ1v) is 6.59. The van der Waals surface area contributed by atoms with Gasteiger partial charge in [-0.3, -0.25) is 4.79 Å². The van der Waals surface area contributed by atoms with E-state index in [2.05, 4.69) is 5.32 Å². The molecule has 0 fully saturated rings. The smallest absolute Gasteiger partial charge is 0.224 e. The summed E-state index contributed by atoms with van der Waals surface area (Å²) in [6.07, 6.45) is 1.12. The third-order valence-corrected chi connectivity index (χ3v) is 3.02. The monoisotopic (exact) mass is 269 g/mol. The van der Waals surface area contributed by atoms with Gasteiger partial charge in [0.2, 0.25) is 5.91 Å². The molecule has 1 atom stereocenters. The molecule has 0 aliphatic heterocycles. The van der Waals surface area contributed by atoms with E-state index in [1.165, 1.54) is 0 Å². The van der Waals surface area contributed by atoms with E-state index in [1.807, 2.05) is 31.2 Å². The van der Waals surface area contributed by atoms with E-state index < -0.39 is 0 Å². The van der Waals surface area contributed by atoms with Gasteiger partial charge in [0, 0.05) is 13.0 Å². The highest BCUT2D eigenvalue weighted by atomic mass is 35.5. The Balaban J connectivity index is 2.52. The summed E-state index contributed by atoms with van der Waals surface area (Å²) >= 11 is 5.69. The van der Waals surface area contributed by atoms with E-state index >= 15 is 0 Å². The van der Waals surface area contributed by atoms with Crippen molar-refractivity contribution in [1.29, 1.82) is 0 Å². The Morgan fingerprint density at radius 1 is 1.44 bits per heavy atom. The van der Waals surface area contributed by atoms with Gasteiger partial charge in [-0.25, -0.2) is 0 Å². The van der Waals surface area contributed by atoms with Gasteiger partial charge >= 0.3 is 0 Å². The second-order valence-electron chi connectivity index (χ2n) is 4.30. The van der Waals surface area contributed by atoms with Crippen molar-refractivity contribution < 1.29 is 9.53 Å². The SMILES string of the molecule is COCC(CCCl)NC(=O)Cc1ccccc1C. The first kappa shape index (κ1) is 15.0. The molecule has 0 saturated heterocycles. The van der Waals surface area contributed by atoms with Gasteiger partial charge in [0.1, 0.15) is 0 Å². The quantitative estimate of drug-likeness (QED) is 0.772. The normalized spacial score (nSPS) is 12.2. The molecule has 0 heterocycles. The molecule has 100 valence electrons. The summed E-state index contributed by atoms with van der Waals surface area (Å²) in [5.74, 6) is 0.523. The number of methoxy groups -OCH3 is 1. The standard InChI is InChI=1S/C14H20ClNO2/c1-11-5-3-4-6-12(11)9-14(17)16-13(7-8-15)10-18-2/h3-6,13H,7-10H2,1-2H3,(H,16,17). The van der Waals surface area contributed by atoms with Gasteiger partial charge in [0.05, 0.1) is 19.1 Å². The Hall–Kier alpha value is -1.06. The van der Waals surface area contributed by atoms with Crippen LogP contribution in [0, 0.1) is 6.92 Å². The number of carbonyl (C=O) groups is 1. The van der Waals surface area contributed by atoms with Crippen molar-refractivity contribution in [3.8, 4) is 0 Å². The van der Waals surface area contributed by atoms with E-state index in [9.17, 15) is 4.79 Å². The number of aryl methyl sites for hydroxylation is 1. The predicted molar refractivity (Wildman–Crippen MR) is 74.0 cm³/mol. The number of halogens is 1. The van der Waals surface area contributed by atoms with Gasteiger partial charge in [-0.15, -0.1) is 11.6 Å². The largest absolute Gasteiger partial charge is 0.383 e. The molecule has 1 aromatic rings. The van der Waals surface area contributed by atoms with Crippen molar-refractivity contribution in [3.05, 3.63) is 35.4 Å². The number of hydrogen-bond acceptors (Lipinski definition) is 2. The summed E-state index contributed by atoms with van der Waals surface area (Å²) in [7, 11) is 1.62. The molecule has 0 bridgehead atoms. The molecule has 1 aromatic carbocycles. The van der Waals surface area contributed by atoms with E-state index in [0.29, 0.717) is 18.9 Å². The fourth-order valence-electron chi connectivity index (χ4n) is 1.79. The number of benzene rings is 1. The van der Waals surface area contributed by atoms with Crippen LogP contribution >= 0.6 is 11.6 Å². The van der Waals surface area contributed by atoms with Crippen LogP contribution in [-0.4, -0.2) is 31.5 Å². The fourth-order valence-corrected chi connectivity index (χ4v) is 2.05. The van der Waals surface area contributed by atoms with Crippen molar-refractivity contribution in [2.45, 2.75) is 25.8 Å². The van der Waals surface area contributed by atoms with Crippen molar-refractivity contribution in [3.63, 3.8) is 0 Å². The molecule has 0 saturated carbocycles. The number of ether oxygens (including phenoxy) is 1. The third kappa shape index (κ3) is 5.07. The molecule has 1 rings (SSSR count). The minimum atomic E-state index is -0.0102. The molecular weight excluding hydrogens is 250 g/mol. The Morgan fingerprint density at radius 3 is 2.78 bits per heavy atom. The van der Waals surface area contributed by atoms with Crippen LogP contribution in [0.15, 0.2) is 24.3 Å². The van der Waals surface area contributed by atoms with Gasteiger partial charge in [-0.1, -0.05) is 24.3 Å². The zero-order chi connectivity index (χ0) is 13.4. The van der Waals surface area contributed by atoms with Gasteiger partial charge in [0.15, 0.2) is 0 Å². The number of alkyl halides is 1. The zero-order valence-corrected chi connectivity index (χ0v) is 11.7. The van der Waals surface area contributed by atoms with Crippen LogP contribution in [0.25, 0.3) is 0 Å². The maximum atomic E-state index is 11.9. The first-order chi connectivity index (χ1) is 8.67. The molecule has 18 heavy (non-hydrogen) atoms. The van der Waals surface area contributed by atoms with Crippen LogP contribution in [0.2, 0.25) is 0 Å². The van der Waals surface area contributed by atoms with Crippen LogP contribution < -0.4 is 5.32 Å². The molecular formula is C14H20ClNO2. The molecule has 0 spiro atoms. The number of rotatable bonds is 7. The molecule has 3 nitrogen and oxygen atoms in total. The molecule has 0 aromatic heterocycles. The maximum absolute atomic E-state index is 11.9. The summed E-state index contributed by atoms with van der Waals surface area (Å²) in [6.45, 7) is 2.50. The first-order valence-electron chi connectivity index (χ1n) is 6.06. The number of nitrogens with one attached hydrogen (secondary N) is 1. The minimum Gasteiger partial charge on any atom is -0.383 e. The van der Waals surface area contributed by atoms with Crippen molar-refractivity contribution >= 4 is 17.5 Å². The van der Waals surface area contributed by atoms with Gasteiger partial charge in [-0.2, -0.15) is 0 Å². The zero-order valence-electron chi connectivity index (χ0n) is 10.9. The Kier molecular flexibility index (Phi) is 6.76. The lowest BCUT2D eigenvalue weighted by atomic mass is 10.1. The molecule has 4 heteroatoms. The van der Waals surface area contributed by atoms with E-state index in [0.717, 1.165) is 17.5 Å². The summed E-state index contributed by atoms with van der Waals surface area (Å²) in [5, 5.41) is 2.95. The molecule has 1 unspecified atom stereocenters. The lowest BCUT2D eigenvalue weighted by Crippen LogP contribution is -2.39. The van der Waals surface area contributed by atoms with E-state index in [1.54, 1.807) is 7.11 Å². The average Bonchev–Trinajstić information content (AvgIpc) is 2.33. The van der Waals surface area contributed by atoms with Crippen LogP contribution in [-0.2, 0) is 16.0 Å². The molecule has 1 amide bonds. The average molecular weight is 270 g/mol. The maximum Gasteiger partial charge on any atom is 0.224 e. The second kappa shape index (κ2) is 8.11. The van der Waals surface area contributed by atoms with Gasteiger partial charge < -0.3 is 10.1 Å². The lowest BCUT2D eigenvalue weighted by Gasteiger charge is -2.17. The van der Waals surface area contributed by atoms with Crippen molar-refractivity contribution in [2.75, 3.05) is 19.6 Å². The molecule has 1 N–H and O–H groups in total. The second-order valence-corrected chi connectivity index (χ2v) is 4.68. The number of amides is 1. The molecule has 0 aliphatic rings. The van der Waals surface area contributed by atoms with E-state index in [4.69, 9.17) is 16.3 Å². The Bertz CT molecular complexity index is 376. The van der Waals surface area contributed by atoms with Crippen molar-refractivity contribution in [1.82, 2.24) is 5.32 Å². The highest BCUT2D eigenvalue weighted by Crippen LogP contribution is 2.08. The topological polar surface area (TPSA) is 38.3 Å². The minimum absolute atomic E-state index is 0.0102. The molecule has 0 radical (unpaired) electrons. The highest BCUT2D eigenvalue weighted by molar-refractivity contribution is 6.17. The van der Waals surface area contributed by atoms with Crippen LogP contribution in [0.4, 0.5) is 0 Å². The van der Waals surface area contributed by atoms with Gasteiger partial charge in [0.25, 0.3) is 0 Å². The van der Waals surface area contributed by atoms with Crippen LogP contribution in [0.5, 0.6) is 0 Å². The lowest BCUT2D eigenvalue weighted by molar-refractivity contribution is -0.121. The summed E-state index contributed by atoms with van der Waals surface area (Å²) < 4.78 is 5.06. The van der Waals surface area contributed by atoms with E-state index in [-0.39, 0.29) is 11.9 Å². The molecule has 0 aliphatic carbocycles. The third-order valence-electron chi connectivity index (χ3n) is 2.80. The Labute approximate surface area is 113 Å². The highest BCUT2D eigenvalue weighted by Gasteiger charge is 2.12. The Morgan fingerprint density at radius 2 is 2.17 bits per heavy atom. The fraction of sp³-hybridized carbons (Fsp3) is 0.500. The van der Waals surface area contributed by atoms with Crippen LogP contribution in [0.1, 0.15) is 17.5 Å². The van der Waals surface area contributed by atoms with Crippen LogP contribution in [0.3, 0.4) is 0 Å². The summed E-state index contributed by atoms with van der Waals surface area (Å²) in [6, 6.07) is 7.89. The number of hydrogen-bond donors (Lipinski definition) is 1. The van der Waals surface area contributed by atoms with Crippen molar-refractivity contribution in [2.24, 2.45) is 0 Å². The summed E-state index contributed by atoms with van der Waals surface area (Å²) in [5.41, 5.74) is 2.19. The number of carbonyl (C=O) groups excluding carboxylic acids is 1. The summed E-state index contributed by atoms with van der Waals surface area (Å²) in [4.78, 5) is 11.9.